The van der Waals surface area contributed by atoms with E-state index in [4.69, 9.17) is 4.42 Å². The summed E-state index contributed by atoms with van der Waals surface area (Å²) in [7, 11) is 0. The quantitative estimate of drug-likeness (QED) is 0.138. The molecule has 0 bridgehead atoms. The molecule has 7 rings (SSSR count). The molecule has 6 aromatic rings. The van der Waals surface area contributed by atoms with Crippen molar-refractivity contribution < 1.29 is 26.8 Å². The predicted octanol–water partition coefficient (Wildman–Crippen LogP) is 7.23. The Balaban J connectivity index is 1.24. The second kappa shape index (κ2) is 13.4. The average Bonchev–Trinajstić information content (AvgIpc) is 3.67. The molecule has 50 heavy (non-hydrogen) atoms. The molecule has 1 aliphatic rings. The van der Waals surface area contributed by atoms with Crippen molar-refractivity contribution in [1.82, 2.24) is 14.5 Å². The Bertz CT molecular complexity index is 2440. The van der Waals surface area contributed by atoms with Crippen LogP contribution in [-0.4, -0.2) is 20.4 Å². The predicted molar refractivity (Wildman–Crippen MR) is 181 cm³/mol. The average molecular weight is 714 g/mol. The highest BCUT2D eigenvalue weighted by Gasteiger charge is 2.35. The zero-order chi connectivity index (χ0) is 35.0. The first-order valence-electron chi connectivity index (χ1n) is 15.0. The number of hydrogen-bond donors (Lipinski definition) is 1. The van der Waals surface area contributed by atoms with E-state index in [-0.39, 0.29) is 31.8 Å². The standard InChI is InChI=1S/C36H23F4N5O3S2/c1-20-30(32(46)42-24-10-6-3-7-11-24)31(22-12-14-23(37)15-13-22)45-33(47)27(49-35(45)41-20)18-25-16-17-29(48-25)50-34-43-26(21-8-4-2-5-9-21)19-28(44-34)36(38,39)40/h2-19,31H,1H3,(H,42,46)/b27-18+/t31-/m1/s1. The van der Waals surface area contributed by atoms with Crippen molar-refractivity contribution in [2.75, 3.05) is 5.32 Å². The van der Waals surface area contributed by atoms with Crippen LogP contribution in [0.5, 0.6) is 0 Å². The van der Waals surface area contributed by atoms with E-state index in [0.717, 1.165) is 29.2 Å². The van der Waals surface area contributed by atoms with Gasteiger partial charge in [0.05, 0.1) is 27.5 Å². The summed E-state index contributed by atoms with van der Waals surface area (Å²) >= 11 is 1.87. The van der Waals surface area contributed by atoms with Gasteiger partial charge in [-0.2, -0.15) is 13.2 Å². The van der Waals surface area contributed by atoms with Crippen LogP contribution in [0, 0.1) is 5.82 Å². The number of carbonyl (C=O) groups is 1. The highest BCUT2D eigenvalue weighted by molar-refractivity contribution is 7.99. The summed E-state index contributed by atoms with van der Waals surface area (Å²) in [6.45, 7) is 1.67. The van der Waals surface area contributed by atoms with Gasteiger partial charge in [-0.15, -0.1) is 0 Å². The molecule has 8 nitrogen and oxygen atoms in total. The van der Waals surface area contributed by atoms with Crippen molar-refractivity contribution in [2.24, 2.45) is 4.99 Å². The van der Waals surface area contributed by atoms with Crippen LogP contribution >= 0.6 is 23.1 Å². The van der Waals surface area contributed by atoms with Gasteiger partial charge in [0, 0.05) is 17.3 Å². The molecule has 0 fully saturated rings. The Hall–Kier alpha value is -5.60. The van der Waals surface area contributed by atoms with Gasteiger partial charge in [-0.3, -0.25) is 14.2 Å². The van der Waals surface area contributed by atoms with Gasteiger partial charge in [-0.05, 0) is 66.7 Å². The zero-order valence-electron chi connectivity index (χ0n) is 25.8. The topological polar surface area (TPSA) is 102 Å². The van der Waals surface area contributed by atoms with Gasteiger partial charge in [0.15, 0.2) is 15.1 Å². The molecule has 1 N–H and O–H groups in total. The molecule has 3 aromatic carbocycles. The number of thiazole rings is 1. The lowest BCUT2D eigenvalue weighted by Gasteiger charge is -2.25. The number of furan rings is 1. The summed E-state index contributed by atoms with van der Waals surface area (Å²) in [5.41, 5.74) is 0.675. The lowest BCUT2D eigenvalue weighted by Crippen LogP contribution is -2.40. The summed E-state index contributed by atoms with van der Waals surface area (Å²) in [6, 6.07) is 25.9. The highest BCUT2D eigenvalue weighted by atomic mass is 32.2. The van der Waals surface area contributed by atoms with E-state index in [0.29, 0.717) is 27.3 Å². The third-order valence-electron chi connectivity index (χ3n) is 7.62. The number of aromatic nitrogens is 3. The van der Waals surface area contributed by atoms with Crippen molar-refractivity contribution in [3.8, 4) is 11.3 Å². The first-order valence-corrected chi connectivity index (χ1v) is 16.6. The lowest BCUT2D eigenvalue weighted by molar-refractivity contribution is -0.141. The fourth-order valence-corrected chi connectivity index (χ4v) is 7.12. The van der Waals surface area contributed by atoms with Gasteiger partial charge in [-0.25, -0.2) is 19.4 Å². The number of carbonyl (C=O) groups excluding carboxylic acids is 1. The summed E-state index contributed by atoms with van der Waals surface area (Å²) in [5, 5.41) is 2.88. The Labute approximate surface area is 289 Å². The molecule has 0 aliphatic carbocycles. The number of fused-ring (bicyclic) bond motifs is 1. The molecule has 0 saturated heterocycles. The van der Waals surface area contributed by atoms with Crippen LogP contribution < -0.4 is 20.2 Å². The van der Waals surface area contributed by atoms with Crippen molar-refractivity contribution in [1.29, 1.82) is 0 Å². The van der Waals surface area contributed by atoms with Gasteiger partial charge < -0.3 is 9.73 Å². The fraction of sp³-hybridized carbons (Fsp3) is 0.0833. The van der Waals surface area contributed by atoms with Crippen molar-refractivity contribution in [3.63, 3.8) is 0 Å². The smallest absolute Gasteiger partial charge is 0.433 e. The highest BCUT2D eigenvalue weighted by Crippen LogP contribution is 2.35. The summed E-state index contributed by atoms with van der Waals surface area (Å²) < 4.78 is 62.6. The number of nitrogens with zero attached hydrogens (tertiary/aromatic N) is 4. The fourth-order valence-electron chi connectivity index (χ4n) is 5.35. The van der Waals surface area contributed by atoms with E-state index in [1.165, 1.54) is 41.0 Å². The number of para-hydroxylation sites is 1. The maximum Gasteiger partial charge on any atom is 0.433 e. The van der Waals surface area contributed by atoms with Crippen LogP contribution in [0.15, 0.2) is 139 Å². The SMILES string of the molecule is CC1=C(C(=O)Nc2ccccc2)[C@@H](c2ccc(F)cc2)n2c(s/c(=C/c3ccc(Sc4nc(-c5ccccc5)cc(C(F)(F)F)n4)o3)c2=O)=N1. The summed E-state index contributed by atoms with van der Waals surface area (Å²) in [4.78, 5) is 40.6. The van der Waals surface area contributed by atoms with Gasteiger partial charge in [0.2, 0.25) is 0 Å². The number of allylic oxidation sites excluding steroid dienone is 1. The third-order valence-corrected chi connectivity index (χ3v) is 9.39. The first kappa shape index (κ1) is 32.9. The molecule has 0 saturated carbocycles. The van der Waals surface area contributed by atoms with Crippen LogP contribution in [0.25, 0.3) is 17.3 Å². The normalized spacial score (nSPS) is 14.7. The van der Waals surface area contributed by atoms with Gasteiger partial charge in [0.25, 0.3) is 11.5 Å². The summed E-state index contributed by atoms with van der Waals surface area (Å²) in [5.74, 6) is -0.708. The number of halogens is 4. The van der Waals surface area contributed by atoms with Crippen LogP contribution in [-0.2, 0) is 11.0 Å². The van der Waals surface area contributed by atoms with E-state index in [9.17, 15) is 27.2 Å². The van der Waals surface area contributed by atoms with Crippen LogP contribution in [0.2, 0.25) is 0 Å². The minimum Gasteiger partial charge on any atom is -0.450 e. The number of rotatable bonds is 7. The van der Waals surface area contributed by atoms with E-state index >= 15 is 0 Å². The van der Waals surface area contributed by atoms with Crippen molar-refractivity contribution in [3.05, 3.63) is 157 Å². The number of nitrogens with one attached hydrogen (secondary N) is 1. The molecule has 1 atom stereocenters. The zero-order valence-corrected chi connectivity index (χ0v) is 27.4. The second-order valence-corrected chi connectivity index (χ2v) is 13.0. The van der Waals surface area contributed by atoms with E-state index in [2.05, 4.69) is 20.3 Å². The van der Waals surface area contributed by atoms with Gasteiger partial charge in [0.1, 0.15) is 17.3 Å². The van der Waals surface area contributed by atoms with E-state index in [1.54, 1.807) is 67.6 Å². The number of alkyl halides is 3. The Kier molecular flexibility index (Phi) is 8.80. The molecule has 0 spiro atoms. The van der Waals surface area contributed by atoms with Gasteiger partial charge in [-0.1, -0.05) is 72.0 Å². The minimum atomic E-state index is -4.70. The Morgan fingerprint density at radius 3 is 2.36 bits per heavy atom. The molecule has 4 heterocycles. The monoisotopic (exact) mass is 713 g/mol. The lowest BCUT2D eigenvalue weighted by atomic mass is 9.95. The molecular weight excluding hydrogens is 691 g/mol. The molecule has 0 unspecified atom stereocenters. The maximum absolute atomic E-state index is 14.0. The largest absolute Gasteiger partial charge is 0.450 e. The number of anilines is 1. The summed E-state index contributed by atoms with van der Waals surface area (Å²) in [6.07, 6.45) is -3.21. The molecular formula is C36H23F4N5O3S2. The van der Waals surface area contributed by atoms with Crippen LogP contribution in [0.1, 0.15) is 30.0 Å². The second-order valence-electron chi connectivity index (χ2n) is 11.0. The first-order chi connectivity index (χ1) is 24.0. The minimum absolute atomic E-state index is 0.103. The van der Waals surface area contributed by atoms with Crippen molar-refractivity contribution in [2.45, 2.75) is 29.4 Å². The third kappa shape index (κ3) is 6.80. The van der Waals surface area contributed by atoms with Crippen LogP contribution in [0.4, 0.5) is 23.2 Å². The molecule has 3 aromatic heterocycles. The molecule has 1 aliphatic heterocycles. The molecule has 1 amide bonds. The Morgan fingerprint density at radius 1 is 0.960 bits per heavy atom. The van der Waals surface area contributed by atoms with E-state index in [1.807, 2.05) is 6.07 Å². The Morgan fingerprint density at radius 2 is 1.66 bits per heavy atom. The number of benzene rings is 3. The molecule has 14 heteroatoms. The molecule has 250 valence electrons. The van der Waals surface area contributed by atoms with Crippen molar-refractivity contribution >= 4 is 40.8 Å². The van der Waals surface area contributed by atoms with Gasteiger partial charge >= 0.3 is 6.18 Å². The van der Waals surface area contributed by atoms with Crippen LogP contribution in [0.3, 0.4) is 0 Å². The van der Waals surface area contributed by atoms with E-state index < -0.39 is 35.2 Å². The number of hydrogen-bond acceptors (Lipinski definition) is 8. The maximum atomic E-state index is 14.0. The number of amides is 1. The molecule has 0 radical (unpaired) electrons.